The Morgan fingerprint density at radius 1 is 1.21 bits per heavy atom. The van der Waals surface area contributed by atoms with Crippen molar-refractivity contribution in [2.75, 3.05) is 13.2 Å². The van der Waals surface area contributed by atoms with E-state index in [0.29, 0.717) is 18.1 Å². The first-order valence-corrected chi connectivity index (χ1v) is 7.41. The van der Waals surface area contributed by atoms with Crippen molar-refractivity contribution in [1.82, 2.24) is 5.32 Å². The van der Waals surface area contributed by atoms with Crippen molar-refractivity contribution in [2.24, 2.45) is 0 Å². The molecule has 1 unspecified atom stereocenters. The Hall–Kier alpha value is -2.89. The van der Waals surface area contributed by atoms with Crippen molar-refractivity contribution in [3.05, 3.63) is 65.7 Å². The van der Waals surface area contributed by atoms with E-state index in [0.717, 1.165) is 24.3 Å². The Morgan fingerprint density at radius 3 is 2.83 bits per heavy atom. The molecule has 1 aliphatic rings. The first kappa shape index (κ1) is 16.0. The Kier molecular flexibility index (Phi) is 4.74. The molecule has 6 heteroatoms. The highest BCUT2D eigenvalue weighted by Gasteiger charge is 2.20. The number of carbonyl (C=O) groups excluding carboxylic acids is 1. The van der Waals surface area contributed by atoms with Crippen LogP contribution in [0.25, 0.3) is 6.08 Å². The number of hydrogen-bond acceptors (Lipinski definition) is 3. The van der Waals surface area contributed by atoms with Crippen molar-refractivity contribution in [3.8, 4) is 11.5 Å². The SMILES string of the molecule is O=C(/C=C/c1cc(F)ccc1F)NCC1COc2ccccc2O1. The number of carbonyl (C=O) groups is 1. The van der Waals surface area contributed by atoms with Crippen LogP contribution in [0.5, 0.6) is 11.5 Å². The summed E-state index contributed by atoms with van der Waals surface area (Å²) < 4.78 is 37.8. The van der Waals surface area contributed by atoms with Crippen molar-refractivity contribution in [1.29, 1.82) is 0 Å². The van der Waals surface area contributed by atoms with Gasteiger partial charge in [0, 0.05) is 11.6 Å². The lowest BCUT2D eigenvalue weighted by molar-refractivity contribution is -0.116. The quantitative estimate of drug-likeness (QED) is 0.877. The normalized spacial score (nSPS) is 16.2. The highest BCUT2D eigenvalue weighted by atomic mass is 19.1. The molecule has 1 atom stereocenters. The van der Waals surface area contributed by atoms with E-state index < -0.39 is 17.5 Å². The molecule has 0 fully saturated rings. The molecule has 0 aliphatic carbocycles. The van der Waals surface area contributed by atoms with Gasteiger partial charge in [0.2, 0.25) is 5.91 Å². The monoisotopic (exact) mass is 331 g/mol. The minimum atomic E-state index is -0.596. The van der Waals surface area contributed by atoms with Crippen molar-refractivity contribution < 1.29 is 23.0 Å². The van der Waals surface area contributed by atoms with Crippen LogP contribution < -0.4 is 14.8 Å². The summed E-state index contributed by atoms with van der Waals surface area (Å²) in [4.78, 5) is 11.8. The van der Waals surface area contributed by atoms with E-state index in [1.807, 2.05) is 12.1 Å². The van der Waals surface area contributed by atoms with Crippen molar-refractivity contribution in [2.45, 2.75) is 6.10 Å². The van der Waals surface area contributed by atoms with Crippen LogP contribution in [0.3, 0.4) is 0 Å². The molecule has 0 bridgehead atoms. The van der Waals surface area contributed by atoms with Crippen molar-refractivity contribution in [3.63, 3.8) is 0 Å². The summed E-state index contributed by atoms with van der Waals surface area (Å²) in [6.07, 6.45) is 2.06. The van der Waals surface area contributed by atoms with Gasteiger partial charge in [-0.25, -0.2) is 8.78 Å². The molecule has 1 amide bonds. The highest BCUT2D eigenvalue weighted by Crippen LogP contribution is 2.30. The first-order chi connectivity index (χ1) is 11.6. The number of ether oxygens (including phenoxy) is 2. The second-order valence-electron chi connectivity index (χ2n) is 5.24. The zero-order valence-corrected chi connectivity index (χ0v) is 12.7. The van der Waals surface area contributed by atoms with Crippen LogP contribution in [0, 0.1) is 11.6 Å². The number of para-hydroxylation sites is 2. The maximum absolute atomic E-state index is 13.5. The van der Waals surface area contributed by atoms with Gasteiger partial charge in [0.1, 0.15) is 24.3 Å². The van der Waals surface area contributed by atoms with E-state index in [-0.39, 0.29) is 18.2 Å². The molecule has 1 aliphatic heterocycles. The highest BCUT2D eigenvalue weighted by molar-refractivity contribution is 5.91. The molecule has 0 saturated heterocycles. The molecule has 0 radical (unpaired) electrons. The van der Waals surface area contributed by atoms with Gasteiger partial charge in [-0.15, -0.1) is 0 Å². The summed E-state index contributed by atoms with van der Waals surface area (Å²) in [5.74, 6) is -0.299. The van der Waals surface area contributed by atoms with Crippen LogP contribution in [-0.4, -0.2) is 25.2 Å². The fourth-order valence-corrected chi connectivity index (χ4v) is 2.24. The van der Waals surface area contributed by atoms with Gasteiger partial charge in [-0.05, 0) is 36.4 Å². The van der Waals surface area contributed by atoms with Crippen LogP contribution >= 0.6 is 0 Å². The fourth-order valence-electron chi connectivity index (χ4n) is 2.24. The smallest absolute Gasteiger partial charge is 0.244 e. The molecule has 124 valence electrons. The lowest BCUT2D eigenvalue weighted by Crippen LogP contribution is -2.40. The minimum Gasteiger partial charge on any atom is -0.486 e. The first-order valence-electron chi connectivity index (χ1n) is 7.41. The largest absolute Gasteiger partial charge is 0.486 e. The average molecular weight is 331 g/mol. The van der Waals surface area contributed by atoms with Gasteiger partial charge in [-0.2, -0.15) is 0 Å². The maximum Gasteiger partial charge on any atom is 0.244 e. The lowest BCUT2D eigenvalue weighted by atomic mass is 10.2. The molecule has 1 N–H and O–H groups in total. The number of rotatable bonds is 4. The summed E-state index contributed by atoms with van der Waals surface area (Å²) >= 11 is 0. The van der Waals surface area contributed by atoms with Gasteiger partial charge in [0.25, 0.3) is 0 Å². The predicted molar refractivity (Wildman–Crippen MR) is 84.8 cm³/mol. The zero-order valence-electron chi connectivity index (χ0n) is 12.7. The third-order valence-corrected chi connectivity index (χ3v) is 3.44. The number of fused-ring (bicyclic) bond motifs is 1. The predicted octanol–water partition coefficient (Wildman–Crippen LogP) is 2.93. The fraction of sp³-hybridized carbons (Fsp3) is 0.167. The maximum atomic E-state index is 13.5. The summed E-state index contributed by atoms with van der Waals surface area (Å²) in [7, 11) is 0. The summed E-state index contributed by atoms with van der Waals surface area (Å²) in [5.41, 5.74) is 0.0105. The van der Waals surface area contributed by atoms with E-state index in [1.165, 1.54) is 6.08 Å². The second kappa shape index (κ2) is 7.12. The molecule has 3 rings (SSSR count). The van der Waals surface area contributed by atoms with Crippen molar-refractivity contribution >= 4 is 12.0 Å². The molecule has 0 aromatic heterocycles. The molecule has 1 heterocycles. The topological polar surface area (TPSA) is 47.6 Å². The summed E-state index contributed by atoms with van der Waals surface area (Å²) in [6, 6.07) is 10.3. The number of halogens is 2. The summed E-state index contributed by atoms with van der Waals surface area (Å²) in [6.45, 7) is 0.558. The molecule has 2 aromatic rings. The van der Waals surface area contributed by atoms with E-state index in [1.54, 1.807) is 12.1 Å². The van der Waals surface area contributed by atoms with E-state index >= 15 is 0 Å². The number of nitrogens with one attached hydrogen (secondary N) is 1. The third kappa shape index (κ3) is 3.90. The lowest BCUT2D eigenvalue weighted by Gasteiger charge is -2.26. The average Bonchev–Trinajstić information content (AvgIpc) is 2.60. The number of amides is 1. The molecule has 4 nitrogen and oxygen atoms in total. The van der Waals surface area contributed by atoms with Gasteiger partial charge in [-0.1, -0.05) is 12.1 Å². The second-order valence-corrected chi connectivity index (χ2v) is 5.24. The van der Waals surface area contributed by atoms with E-state index in [9.17, 15) is 13.6 Å². The Labute approximate surface area is 137 Å². The van der Waals surface area contributed by atoms with Gasteiger partial charge in [0.15, 0.2) is 11.5 Å². The van der Waals surface area contributed by atoms with Gasteiger partial charge in [-0.3, -0.25) is 4.79 Å². The number of benzene rings is 2. The molecule has 0 spiro atoms. The van der Waals surface area contributed by atoms with Crippen LogP contribution in [0.2, 0.25) is 0 Å². The van der Waals surface area contributed by atoms with Crippen LogP contribution in [0.15, 0.2) is 48.5 Å². The number of hydrogen-bond donors (Lipinski definition) is 1. The Balaban J connectivity index is 1.53. The molecule has 24 heavy (non-hydrogen) atoms. The summed E-state index contributed by atoms with van der Waals surface area (Å²) in [5, 5.41) is 2.64. The van der Waals surface area contributed by atoms with Crippen LogP contribution in [-0.2, 0) is 4.79 Å². The van der Waals surface area contributed by atoms with Crippen LogP contribution in [0.4, 0.5) is 8.78 Å². The minimum absolute atomic E-state index is 0.0105. The molecular weight excluding hydrogens is 316 g/mol. The van der Waals surface area contributed by atoms with E-state index in [4.69, 9.17) is 9.47 Å². The molecule has 2 aromatic carbocycles. The zero-order chi connectivity index (χ0) is 16.9. The standard InChI is InChI=1S/C18H15F2NO3/c19-13-6-7-15(20)12(9-13)5-8-18(22)21-10-14-11-23-16-3-1-2-4-17(16)24-14/h1-9,14H,10-11H2,(H,21,22)/b8-5+. The Morgan fingerprint density at radius 2 is 2.00 bits per heavy atom. The third-order valence-electron chi connectivity index (χ3n) is 3.44. The van der Waals surface area contributed by atoms with Crippen LogP contribution in [0.1, 0.15) is 5.56 Å². The van der Waals surface area contributed by atoms with Gasteiger partial charge in [0.05, 0.1) is 6.54 Å². The van der Waals surface area contributed by atoms with E-state index in [2.05, 4.69) is 5.32 Å². The molecular formula is C18H15F2NO3. The van der Waals surface area contributed by atoms with Gasteiger partial charge >= 0.3 is 0 Å². The molecule has 0 saturated carbocycles. The Bertz CT molecular complexity index is 777. The van der Waals surface area contributed by atoms with Gasteiger partial charge < -0.3 is 14.8 Å².